The first-order chi connectivity index (χ1) is 15.1. The van der Waals surface area contributed by atoms with E-state index in [0.717, 1.165) is 17.8 Å². The van der Waals surface area contributed by atoms with Crippen LogP contribution in [0.1, 0.15) is 126 Å². The van der Waals surface area contributed by atoms with Gasteiger partial charge < -0.3 is 0 Å². The Labute approximate surface area is 192 Å². The molecule has 1 aromatic rings. The minimum Gasteiger partial charge on any atom is -0.0999 e. The van der Waals surface area contributed by atoms with Crippen LogP contribution >= 0.6 is 0 Å². The highest BCUT2D eigenvalue weighted by Crippen LogP contribution is 2.49. The van der Waals surface area contributed by atoms with E-state index in [0.29, 0.717) is 5.92 Å². The molecule has 170 valence electrons. The summed E-state index contributed by atoms with van der Waals surface area (Å²) in [6.07, 6.45) is 22.0. The van der Waals surface area contributed by atoms with Crippen molar-refractivity contribution in [3.63, 3.8) is 0 Å². The highest BCUT2D eigenvalue weighted by atomic mass is 14.4. The Hall–Kier alpha value is -1.30. The van der Waals surface area contributed by atoms with Gasteiger partial charge >= 0.3 is 0 Å². The lowest BCUT2D eigenvalue weighted by atomic mass is 9.74. The van der Waals surface area contributed by atoms with Gasteiger partial charge in [-0.1, -0.05) is 75.5 Å². The maximum atomic E-state index is 4.23. The number of benzene rings is 1. The molecule has 1 atom stereocenters. The van der Waals surface area contributed by atoms with Crippen molar-refractivity contribution >= 4 is 6.08 Å². The lowest BCUT2D eigenvalue weighted by molar-refractivity contribution is 0.278. The predicted molar refractivity (Wildman–Crippen MR) is 137 cm³/mol. The fourth-order valence-corrected chi connectivity index (χ4v) is 7.08. The van der Waals surface area contributed by atoms with E-state index in [4.69, 9.17) is 0 Å². The van der Waals surface area contributed by atoms with Gasteiger partial charge in [-0.25, -0.2) is 0 Å². The molecule has 31 heavy (non-hydrogen) atoms. The van der Waals surface area contributed by atoms with Crippen molar-refractivity contribution in [2.45, 2.75) is 117 Å². The second-order valence-electron chi connectivity index (χ2n) is 11.0. The first-order valence-electron chi connectivity index (χ1n) is 13.6. The molecule has 0 bridgehead atoms. The molecule has 0 nitrogen and oxygen atoms in total. The third kappa shape index (κ3) is 5.04. The van der Waals surface area contributed by atoms with Gasteiger partial charge in [0, 0.05) is 5.92 Å². The molecule has 0 aromatic heterocycles. The molecular weight excluding hydrogens is 372 g/mol. The van der Waals surface area contributed by atoms with E-state index < -0.39 is 0 Å². The number of fused-ring (bicyclic) bond motifs is 1. The number of allylic oxidation sites excluding steroid dienone is 2. The van der Waals surface area contributed by atoms with Crippen molar-refractivity contribution in [2.24, 2.45) is 17.8 Å². The van der Waals surface area contributed by atoms with Gasteiger partial charge in [-0.15, -0.1) is 0 Å². The Balaban J connectivity index is 1.54. The summed E-state index contributed by atoms with van der Waals surface area (Å²) in [4.78, 5) is 0. The molecule has 0 aliphatic heterocycles. The lowest BCUT2D eigenvalue weighted by Crippen LogP contribution is -2.17. The molecule has 0 heterocycles. The van der Waals surface area contributed by atoms with Crippen molar-refractivity contribution in [1.82, 2.24) is 0 Å². The fraction of sp³-hybridized carbons (Fsp3) is 0.677. The molecule has 1 aromatic carbocycles. The molecule has 0 amide bonds. The molecule has 2 fully saturated rings. The van der Waals surface area contributed by atoms with Gasteiger partial charge in [-0.2, -0.15) is 0 Å². The monoisotopic (exact) mass is 418 g/mol. The van der Waals surface area contributed by atoms with E-state index in [9.17, 15) is 0 Å². The Morgan fingerprint density at radius 3 is 2.32 bits per heavy atom. The van der Waals surface area contributed by atoms with Gasteiger partial charge in [0.2, 0.25) is 0 Å². The quantitative estimate of drug-likeness (QED) is 0.369. The molecular formula is C31H46. The largest absolute Gasteiger partial charge is 0.0999 e. The molecule has 3 aliphatic rings. The summed E-state index contributed by atoms with van der Waals surface area (Å²) in [6, 6.07) is 5.03. The Morgan fingerprint density at radius 1 is 0.935 bits per heavy atom. The number of hydrogen-bond acceptors (Lipinski definition) is 0. The van der Waals surface area contributed by atoms with Crippen molar-refractivity contribution in [3.8, 4) is 0 Å². The normalized spacial score (nSPS) is 26.5. The van der Waals surface area contributed by atoms with Crippen LogP contribution in [-0.2, 0) is 12.8 Å². The third-order valence-corrected chi connectivity index (χ3v) is 8.93. The molecule has 0 spiro atoms. The zero-order valence-electron chi connectivity index (χ0n) is 20.6. The summed E-state index contributed by atoms with van der Waals surface area (Å²) in [5.41, 5.74) is 9.85. The van der Waals surface area contributed by atoms with Crippen LogP contribution in [-0.4, -0.2) is 0 Å². The van der Waals surface area contributed by atoms with E-state index in [1.165, 1.54) is 95.5 Å². The van der Waals surface area contributed by atoms with E-state index in [1.54, 1.807) is 22.3 Å². The molecule has 3 aliphatic carbocycles. The molecule has 0 heteroatoms. The molecule has 0 N–H and O–H groups in total. The third-order valence-electron chi connectivity index (χ3n) is 8.93. The van der Waals surface area contributed by atoms with Crippen molar-refractivity contribution in [2.75, 3.05) is 0 Å². The topological polar surface area (TPSA) is 0 Å². The van der Waals surface area contributed by atoms with Crippen LogP contribution in [0.5, 0.6) is 0 Å². The van der Waals surface area contributed by atoms with Crippen molar-refractivity contribution < 1.29 is 0 Å². The van der Waals surface area contributed by atoms with Gasteiger partial charge in [0.15, 0.2) is 0 Å². The fourth-order valence-electron chi connectivity index (χ4n) is 7.08. The highest BCUT2D eigenvalue weighted by Gasteiger charge is 2.33. The van der Waals surface area contributed by atoms with E-state index >= 15 is 0 Å². The molecule has 0 saturated heterocycles. The predicted octanol–water partition coefficient (Wildman–Crippen LogP) is 9.43. The molecule has 4 rings (SSSR count). The first kappa shape index (κ1) is 22.9. The van der Waals surface area contributed by atoms with Crippen LogP contribution in [0.25, 0.3) is 6.08 Å². The lowest BCUT2D eigenvalue weighted by Gasteiger charge is -2.31. The SMILES string of the molecule is C=C(C)C1CCC(CCC2C(C3CCCCC3)=Cc3c2ccc(CCC)c3CC)CC1. The van der Waals surface area contributed by atoms with Gasteiger partial charge in [0.25, 0.3) is 0 Å². The van der Waals surface area contributed by atoms with Gasteiger partial charge in [0.05, 0.1) is 0 Å². The summed E-state index contributed by atoms with van der Waals surface area (Å²) in [5.74, 6) is 3.30. The molecule has 1 unspecified atom stereocenters. The number of rotatable bonds is 8. The van der Waals surface area contributed by atoms with Crippen LogP contribution < -0.4 is 0 Å². The summed E-state index contributed by atoms with van der Waals surface area (Å²) < 4.78 is 0. The highest BCUT2D eigenvalue weighted by molar-refractivity contribution is 5.71. The van der Waals surface area contributed by atoms with Gasteiger partial charge in [-0.3, -0.25) is 0 Å². The Bertz CT molecular complexity index is 781. The van der Waals surface area contributed by atoms with Crippen LogP contribution in [0.4, 0.5) is 0 Å². The summed E-state index contributed by atoms with van der Waals surface area (Å²) in [7, 11) is 0. The number of aryl methyl sites for hydroxylation is 1. The summed E-state index contributed by atoms with van der Waals surface area (Å²) in [5, 5.41) is 0. The van der Waals surface area contributed by atoms with Crippen LogP contribution in [0.3, 0.4) is 0 Å². The van der Waals surface area contributed by atoms with E-state index in [1.807, 2.05) is 5.57 Å². The second-order valence-corrected chi connectivity index (χ2v) is 11.0. The first-order valence-corrected chi connectivity index (χ1v) is 13.6. The summed E-state index contributed by atoms with van der Waals surface area (Å²) in [6.45, 7) is 11.2. The van der Waals surface area contributed by atoms with Crippen LogP contribution in [0, 0.1) is 17.8 Å². The van der Waals surface area contributed by atoms with Gasteiger partial charge in [0.1, 0.15) is 0 Å². The Kier molecular flexibility index (Phi) is 7.78. The van der Waals surface area contributed by atoms with Crippen molar-refractivity contribution in [1.29, 1.82) is 0 Å². The zero-order chi connectivity index (χ0) is 21.8. The number of hydrogen-bond donors (Lipinski definition) is 0. The molecule has 0 radical (unpaired) electrons. The maximum Gasteiger partial charge on any atom is 0.00604 e. The van der Waals surface area contributed by atoms with Crippen molar-refractivity contribution in [3.05, 3.63) is 52.1 Å². The minimum absolute atomic E-state index is 0.706. The van der Waals surface area contributed by atoms with E-state index in [2.05, 4.69) is 45.6 Å². The van der Waals surface area contributed by atoms with Gasteiger partial charge in [-0.05, 0) is 111 Å². The average molecular weight is 419 g/mol. The van der Waals surface area contributed by atoms with Crippen LogP contribution in [0.15, 0.2) is 29.9 Å². The van der Waals surface area contributed by atoms with Crippen LogP contribution in [0.2, 0.25) is 0 Å². The minimum atomic E-state index is 0.706. The standard InChI is InChI=1S/C31H46/c1-5-10-25-18-20-29-28(19-15-23-13-16-24(17-14-23)22(3)4)30(21-31(29)27(25)6-2)26-11-8-7-9-12-26/h18,20-21,23-24,26,28H,3,5-17,19H2,1-2,4H3. The second kappa shape index (κ2) is 10.5. The molecule has 2 saturated carbocycles. The Morgan fingerprint density at radius 2 is 1.68 bits per heavy atom. The maximum absolute atomic E-state index is 4.23. The van der Waals surface area contributed by atoms with E-state index in [-0.39, 0.29) is 0 Å². The summed E-state index contributed by atoms with van der Waals surface area (Å²) >= 11 is 0. The average Bonchev–Trinajstić information content (AvgIpc) is 3.17. The zero-order valence-corrected chi connectivity index (χ0v) is 20.6. The smallest absolute Gasteiger partial charge is 0.00604 e.